The van der Waals surface area contributed by atoms with Crippen molar-refractivity contribution in [2.45, 2.75) is 20.8 Å². The minimum Gasteiger partial charge on any atom is -0.351 e. The summed E-state index contributed by atoms with van der Waals surface area (Å²) in [6.07, 6.45) is 1.57. The Morgan fingerprint density at radius 1 is 1.56 bits per heavy atom. The van der Waals surface area contributed by atoms with Crippen molar-refractivity contribution in [3.05, 3.63) is 28.4 Å². The van der Waals surface area contributed by atoms with Gasteiger partial charge in [0.2, 0.25) is 5.82 Å². The number of hydrogen-bond donors (Lipinski definition) is 1. The highest BCUT2D eigenvalue weighted by molar-refractivity contribution is 5.57. The fourth-order valence-corrected chi connectivity index (χ4v) is 1.69. The van der Waals surface area contributed by atoms with Gasteiger partial charge in [-0.2, -0.15) is 0 Å². The van der Waals surface area contributed by atoms with Crippen LogP contribution in [0.2, 0.25) is 0 Å². The minimum absolute atomic E-state index is 0.0344. The fourth-order valence-electron chi connectivity index (χ4n) is 1.69. The molecule has 0 bridgehead atoms. The SMILES string of the molecule is CCN(CC(C)(C)CN)c1ncccc1[N+](=O)[O-]. The molecular weight excluding hydrogens is 232 g/mol. The van der Waals surface area contributed by atoms with Crippen LogP contribution in [0.15, 0.2) is 18.3 Å². The Morgan fingerprint density at radius 3 is 2.72 bits per heavy atom. The zero-order valence-corrected chi connectivity index (χ0v) is 11.1. The largest absolute Gasteiger partial charge is 0.351 e. The Morgan fingerprint density at radius 2 is 2.22 bits per heavy atom. The summed E-state index contributed by atoms with van der Waals surface area (Å²) in [6.45, 7) is 7.82. The first-order valence-electron chi connectivity index (χ1n) is 5.95. The molecule has 2 N–H and O–H groups in total. The summed E-state index contributed by atoms with van der Waals surface area (Å²) in [4.78, 5) is 16.6. The van der Waals surface area contributed by atoms with E-state index < -0.39 is 4.92 Å². The molecule has 0 saturated heterocycles. The van der Waals surface area contributed by atoms with E-state index in [1.54, 1.807) is 12.3 Å². The van der Waals surface area contributed by atoms with Gasteiger partial charge in [-0.25, -0.2) is 4.98 Å². The van der Waals surface area contributed by atoms with Crippen molar-refractivity contribution in [1.29, 1.82) is 0 Å². The lowest BCUT2D eigenvalue weighted by Gasteiger charge is -2.31. The van der Waals surface area contributed by atoms with E-state index >= 15 is 0 Å². The standard InChI is InChI=1S/C12H20N4O2/c1-4-15(9-12(2,3)8-13)11-10(16(17)18)6-5-7-14-11/h5-7H,4,8-9,13H2,1-3H3. The van der Waals surface area contributed by atoms with Gasteiger partial charge in [0.25, 0.3) is 0 Å². The van der Waals surface area contributed by atoms with Crippen LogP contribution in [-0.2, 0) is 0 Å². The van der Waals surface area contributed by atoms with E-state index in [-0.39, 0.29) is 11.1 Å². The third-order valence-electron chi connectivity index (χ3n) is 2.82. The Labute approximate surface area is 107 Å². The summed E-state index contributed by atoms with van der Waals surface area (Å²) in [5.41, 5.74) is 5.63. The molecule has 0 aliphatic heterocycles. The maximum absolute atomic E-state index is 11.0. The Bertz CT molecular complexity index is 420. The highest BCUT2D eigenvalue weighted by Crippen LogP contribution is 2.27. The van der Waals surface area contributed by atoms with Crippen molar-refractivity contribution in [1.82, 2.24) is 4.98 Å². The minimum atomic E-state index is -0.402. The lowest BCUT2D eigenvalue weighted by atomic mass is 9.93. The van der Waals surface area contributed by atoms with E-state index in [4.69, 9.17) is 5.73 Å². The summed E-state index contributed by atoms with van der Waals surface area (Å²) < 4.78 is 0. The summed E-state index contributed by atoms with van der Waals surface area (Å²) in [6, 6.07) is 3.05. The molecule has 6 nitrogen and oxygen atoms in total. The molecule has 0 spiro atoms. The van der Waals surface area contributed by atoms with E-state index in [0.717, 1.165) is 0 Å². The molecule has 1 aromatic rings. The number of hydrogen-bond acceptors (Lipinski definition) is 5. The fraction of sp³-hybridized carbons (Fsp3) is 0.583. The summed E-state index contributed by atoms with van der Waals surface area (Å²) in [5.74, 6) is 0.409. The van der Waals surface area contributed by atoms with Gasteiger partial charge in [-0.3, -0.25) is 10.1 Å². The molecule has 0 atom stereocenters. The summed E-state index contributed by atoms with van der Waals surface area (Å²) >= 11 is 0. The van der Waals surface area contributed by atoms with Gasteiger partial charge in [0.15, 0.2) is 0 Å². The van der Waals surface area contributed by atoms with Crippen molar-refractivity contribution in [3.63, 3.8) is 0 Å². The monoisotopic (exact) mass is 252 g/mol. The van der Waals surface area contributed by atoms with E-state index in [2.05, 4.69) is 4.98 Å². The van der Waals surface area contributed by atoms with Crippen LogP contribution in [-0.4, -0.2) is 29.5 Å². The third-order valence-corrected chi connectivity index (χ3v) is 2.82. The van der Waals surface area contributed by atoms with Crippen molar-refractivity contribution in [2.24, 2.45) is 11.1 Å². The Balaban J connectivity index is 3.06. The molecule has 0 saturated carbocycles. The molecule has 0 radical (unpaired) electrons. The van der Waals surface area contributed by atoms with Crippen LogP contribution in [0.5, 0.6) is 0 Å². The molecule has 100 valence electrons. The van der Waals surface area contributed by atoms with Crippen LogP contribution in [0.4, 0.5) is 11.5 Å². The van der Waals surface area contributed by atoms with Crippen molar-refractivity contribution < 1.29 is 4.92 Å². The lowest BCUT2D eigenvalue weighted by molar-refractivity contribution is -0.384. The number of nitro groups is 1. The smallest absolute Gasteiger partial charge is 0.311 e. The first-order valence-corrected chi connectivity index (χ1v) is 5.95. The van der Waals surface area contributed by atoms with Gasteiger partial charge in [-0.15, -0.1) is 0 Å². The number of pyridine rings is 1. The van der Waals surface area contributed by atoms with E-state index in [9.17, 15) is 10.1 Å². The molecule has 6 heteroatoms. The second-order valence-electron chi connectivity index (χ2n) is 4.99. The average Bonchev–Trinajstić information content (AvgIpc) is 2.36. The van der Waals surface area contributed by atoms with Crippen LogP contribution in [0.3, 0.4) is 0 Å². The zero-order chi connectivity index (χ0) is 13.8. The molecule has 0 aliphatic rings. The summed E-state index contributed by atoms with van der Waals surface area (Å²) in [7, 11) is 0. The molecule has 0 fully saturated rings. The molecule has 0 amide bonds. The van der Waals surface area contributed by atoms with Gasteiger partial charge in [-0.1, -0.05) is 13.8 Å². The van der Waals surface area contributed by atoms with Crippen LogP contribution in [0.25, 0.3) is 0 Å². The molecule has 0 aliphatic carbocycles. The van der Waals surface area contributed by atoms with Gasteiger partial charge < -0.3 is 10.6 Å². The van der Waals surface area contributed by atoms with Crippen LogP contribution < -0.4 is 10.6 Å². The highest BCUT2D eigenvalue weighted by atomic mass is 16.6. The van der Waals surface area contributed by atoms with Crippen molar-refractivity contribution in [3.8, 4) is 0 Å². The Kier molecular flexibility index (Phi) is 4.61. The van der Waals surface area contributed by atoms with Crippen LogP contribution in [0.1, 0.15) is 20.8 Å². The first-order chi connectivity index (χ1) is 8.41. The second-order valence-corrected chi connectivity index (χ2v) is 4.99. The number of nitrogens with zero attached hydrogens (tertiary/aromatic N) is 3. The van der Waals surface area contributed by atoms with Gasteiger partial charge in [0.1, 0.15) is 0 Å². The maximum atomic E-state index is 11.0. The molecule has 0 unspecified atom stereocenters. The summed E-state index contributed by atoms with van der Waals surface area (Å²) in [5, 5.41) is 11.0. The topological polar surface area (TPSA) is 85.3 Å². The first kappa shape index (κ1) is 14.4. The van der Waals surface area contributed by atoms with Gasteiger partial charge in [0, 0.05) is 25.4 Å². The van der Waals surface area contributed by atoms with Crippen molar-refractivity contribution >= 4 is 11.5 Å². The Hall–Kier alpha value is -1.69. The third kappa shape index (κ3) is 3.40. The zero-order valence-electron chi connectivity index (χ0n) is 11.1. The molecule has 1 aromatic heterocycles. The predicted molar refractivity (Wildman–Crippen MR) is 71.6 cm³/mol. The van der Waals surface area contributed by atoms with E-state index in [1.807, 2.05) is 25.7 Å². The van der Waals surface area contributed by atoms with E-state index in [0.29, 0.717) is 25.5 Å². The maximum Gasteiger partial charge on any atom is 0.311 e. The van der Waals surface area contributed by atoms with Gasteiger partial charge in [-0.05, 0) is 24.9 Å². The number of aromatic nitrogens is 1. The average molecular weight is 252 g/mol. The normalized spacial score (nSPS) is 11.3. The van der Waals surface area contributed by atoms with Crippen molar-refractivity contribution in [2.75, 3.05) is 24.5 Å². The molecular formula is C12H20N4O2. The molecule has 0 aromatic carbocycles. The number of nitrogens with two attached hydrogens (primary N) is 1. The number of rotatable bonds is 6. The molecule has 18 heavy (non-hydrogen) atoms. The molecule has 1 heterocycles. The number of anilines is 1. The van der Waals surface area contributed by atoms with Crippen LogP contribution in [0, 0.1) is 15.5 Å². The lowest BCUT2D eigenvalue weighted by Crippen LogP contribution is -2.39. The van der Waals surface area contributed by atoms with E-state index in [1.165, 1.54) is 6.07 Å². The van der Waals surface area contributed by atoms with Crippen LogP contribution >= 0.6 is 0 Å². The highest BCUT2D eigenvalue weighted by Gasteiger charge is 2.25. The molecule has 1 rings (SSSR count). The quantitative estimate of drug-likeness (QED) is 0.616. The van der Waals surface area contributed by atoms with Gasteiger partial charge in [0.05, 0.1) is 4.92 Å². The second kappa shape index (κ2) is 5.77. The van der Waals surface area contributed by atoms with Gasteiger partial charge >= 0.3 is 5.69 Å². The predicted octanol–water partition coefficient (Wildman–Crippen LogP) is 1.80.